The lowest BCUT2D eigenvalue weighted by atomic mass is 9.93. The Balaban J connectivity index is 3.03. The van der Waals surface area contributed by atoms with E-state index in [2.05, 4.69) is 21.9 Å². The summed E-state index contributed by atoms with van der Waals surface area (Å²) in [5.74, 6) is 2.53. The second-order valence-corrected chi connectivity index (χ2v) is 4.09. The van der Waals surface area contributed by atoms with E-state index >= 15 is 0 Å². The Morgan fingerprint density at radius 2 is 2.29 bits per heavy atom. The molecule has 0 bridgehead atoms. The van der Waals surface area contributed by atoms with E-state index in [9.17, 15) is 4.39 Å². The summed E-state index contributed by atoms with van der Waals surface area (Å²) in [5, 5.41) is 0. The highest BCUT2D eigenvalue weighted by Gasteiger charge is 2.13. The van der Waals surface area contributed by atoms with Crippen LogP contribution in [0.1, 0.15) is 31.2 Å². The van der Waals surface area contributed by atoms with Crippen LogP contribution in [-0.2, 0) is 0 Å². The van der Waals surface area contributed by atoms with Gasteiger partial charge in [0, 0.05) is 10.9 Å². The summed E-state index contributed by atoms with van der Waals surface area (Å²) in [6.45, 7) is 2.02. The Morgan fingerprint density at radius 3 is 2.86 bits per heavy atom. The van der Waals surface area contributed by atoms with Gasteiger partial charge in [0.2, 0.25) is 0 Å². The summed E-state index contributed by atoms with van der Waals surface area (Å²) in [4.78, 5) is 0. The monoisotopic (exact) mass is 254 g/mol. The molecule has 14 heavy (non-hydrogen) atoms. The summed E-state index contributed by atoms with van der Waals surface area (Å²) in [5.41, 5.74) is 0.708. The molecule has 74 valence electrons. The van der Waals surface area contributed by atoms with Crippen LogP contribution in [0.3, 0.4) is 0 Å². The third kappa shape index (κ3) is 2.59. The number of rotatable bonds is 3. The van der Waals surface area contributed by atoms with E-state index in [1.807, 2.05) is 6.92 Å². The minimum absolute atomic E-state index is 0.123. The van der Waals surface area contributed by atoms with Crippen molar-refractivity contribution in [3.63, 3.8) is 0 Å². The normalized spacial score (nSPS) is 12.1. The van der Waals surface area contributed by atoms with Crippen LogP contribution < -0.4 is 0 Å². The van der Waals surface area contributed by atoms with Gasteiger partial charge < -0.3 is 0 Å². The maximum atomic E-state index is 13.4. The lowest BCUT2D eigenvalue weighted by Crippen LogP contribution is -1.99. The van der Waals surface area contributed by atoms with Crippen molar-refractivity contribution < 1.29 is 4.39 Å². The van der Waals surface area contributed by atoms with Gasteiger partial charge in [-0.2, -0.15) is 0 Å². The lowest BCUT2D eigenvalue weighted by Gasteiger charge is -2.13. The molecular weight excluding hydrogens is 243 g/mol. The van der Waals surface area contributed by atoms with Crippen molar-refractivity contribution in [2.75, 3.05) is 0 Å². The Kier molecular flexibility index (Phi) is 4.16. The summed E-state index contributed by atoms with van der Waals surface area (Å²) >= 11 is 3.33. The second kappa shape index (κ2) is 5.17. The molecule has 1 rings (SSSR count). The largest absolute Gasteiger partial charge is 0.207 e. The summed E-state index contributed by atoms with van der Waals surface area (Å²) in [6, 6.07) is 4.97. The molecule has 0 amide bonds. The van der Waals surface area contributed by atoms with Crippen molar-refractivity contribution in [1.29, 1.82) is 0 Å². The van der Waals surface area contributed by atoms with E-state index in [-0.39, 0.29) is 11.7 Å². The maximum absolute atomic E-state index is 13.4. The molecule has 1 atom stereocenters. The fraction of sp³-hybridized carbons (Fsp3) is 0.333. The molecular formula is C12H12BrF. The summed E-state index contributed by atoms with van der Waals surface area (Å²) < 4.78 is 14.3. The van der Waals surface area contributed by atoms with E-state index in [0.29, 0.717) is 12.0 Å². The van der Waals surface area contributed by atoms with Crippen LogP contribution in [0.4, 0.5) is 4.39 Å². The van der Waals surface area contributed by atoms with Crippen molar-refractivity contribution in [1.82, 2.24) is 0 Å². The predicted octanol–water partition coefficient (Wildman–Crippen LogP) is 4.11. The van der Waals surface area contributed by atoms with Crippen molar-refractivity contribution in [3.8, 4) is 12.3 Å². The van der Waals surface area contributed by atoms with E-state index < -0.39 is 0 Å². The van der Waals surface area contributed by atoms with E-state index in [0.717, 1.165) is 10.9 Å². The smallest absolute Gasteiger partial charge is 0.126 e. The van der Waals surface area contributed by atoms with E-state index in [4.69, 9.17) is 6.42 Å². The van der Waals surface area contributed by atoms with E-state index in [1.165, 1.54) is 6.07 Å². The molecule has 0 aliphatic carbocycles. The Hall–Kier alpha value is -0.810. The van der Waals surface area contributed by atoms with Gasteiger partial charge in [-0.1, -0.05) is 22.9 Å². The topological polar surface area (TPSA) is 0 Å². The molecule has 0 nitrogen and oxygen atoms in total. The minimum atomic E-state index is -0.171. The highest BCUT2D eigenvalue weighted by atomic mass is 79.9. The summed E-state index contributed by atoms with van der Waals surface area (Å²) in [7, 11) is 0. The molecule has 0 heterocycles. The quantitative estimate of drug-likeness (QED) is 0.713. The molecule has 0 aliphatic rings. The molecule has 0 fully saturated rings. The average molecular weight is 255 g/mol. The van der Waals surface area contributed by atoms with Crippen LogP contribution in [0.15, 0.2) is 22.7 Å². The van der Waals surface area contributed by atoms with Crippen molar-refractivity contribution in [2.45, 2.75) is 25.7 Å². The second-order valence-electron chi connectivity index (χ2n) is 3.18. The molecule has 2 heteroatoms. The molecule has 0 aliphatic heterocycles. The molecule has 1 aromatic carbocycles. The van der Waals surface area contributed by atoms with Crippen LogP contribution in [-0.4, -0.2) is 0 Å². The van der Waals surface area contributed by atoms with Gasteiger partial charge in [-0.15, -0.1) is 12.3 Å². The molecule has 0 N–H and O–H groups in total. The molecule has 1 unspecified atom stereocenters. The Bertz CT molecular complexity index is 352. The highest BCUT2D eigenvalue weighted by Crippen LogP contribution is 2.27. The Morgan fingerprint density at radius 1 is 1.57 bits per heavy atom. The molecule has 0 aromatic heterocycles. The van der Waals surface area contributed by atoms with Crippen LogP contribution >= 0.6 is 15.9 Å². The molecule has 0 spiro atoms. The third-order valence-corrected chi connectivity index (χ3v) is 2.75. The van der Waals surface area contributed by atoms with Gasteiger partial charge in [-0.3, -0.25) is 0 Å². The SMILES string of the molecule is C#CCC(CC)c1cc(Br)ccc1F. The number of halogens is 2. The molecule has 0 saturated heterocycles. The first-order valence-electron chi connectivity index (χ1n) is 4.57. The first kappa shape index (κ1) is 11.3. The van der Waals surface area contributed by atoms with Gasteiger partial charge in [0.15, 0.2) is 0 Å². The number of terminal acetylenes is 1. The summed E-state index contributed by atoms with van der Waals surface area (Å²) in [6.07, 6.45) is 6.69. The van der Waals surface area contributed by atoms with Gasteiger partial charge in [0.05, 0.1) is 0 Å². The maximum Gasteiger partial charge on any atom is 0.126 e. The first-order chi connectivity index (χ1) is 6.69. The first-order valence-corrected chi connectivity index (χ1v) is 5.36. The zero-order chi connectivity index (χ0) is 10.6. The number of hydrogen-bond acceptors (Lipinski definition) is 0. The molecule has 1 aromatic rings. The number of hydrogen-bond donors (Lipinski definition) is 0. The lowest BCUT2D eigenvalue weighted by molar-refractivity contribution is 0.571. The van der Waals surface area contributed by atoms with E-state index in [1.54, 1.807) is 12.1 Å². The van der Waals surface area contributed by atoms with Crippen LogP contribution in [0.5, 0.6) is 0 Å². The van der Waals surface area contributed by atoms with Crippen LogP contribution in [0.25, 0.3) is 0 Å². The van der Waals surface area contributed by atoms with Gasteiger partial charge in [0.1, 0.15) is 5.82 Å². The zero-order valence-corrected chi connectivity index (χ0v) is 9.64. The zero-order valence-electron chi connectivity index (χ0n) is 8.06. The predicted molar refractivity (Wildman–Crippen MR) is 60.6 cm³/mol. The van der Waals surface area contributed by atoms with Gasteiger partial charge in [-0.25, -0.2) is 4.39 Å². The van der Waals surface area contributed by atoms with Gasteiger partial charge >= 0.3 is 0 Å². The Labute approximate surface area is 92.7 Å². The standard InChI is InChI=1S/C12H12BrF/c1-3-5-9(4-2)11-8-10(13)6-7-12(11)14/h1,6-9H,4-5H2,2H3. The highest BCUT2D eigenvalue weighted by molar-refractivity contribution is 9.10. The number of benzene rings is 1. The van der Waals surface area contributed by atoms with Crippen molar-refractivity contribution >= 4 is 15.9 Å². The molecule has 0 saturated carbocycles. The van der Waals surface area contributed by atoms with Gasteiger partial charge in [-0.05, 0) is 36.1 Å². The third-order valence-electron chi connectivity index (χ3n) is 2.25. The fourth-order valence-electron chi connectivity index (χ4n) is 1.44. The minimum Gasteiger partial charge on any atom is -0.207 e. The average Bonchev–Trinajstić information content (AvgIpc) is 2.18. The van der Waals surface area contributed by atoms with Crippen molar-refractivity contribution in [3.05, 3.63) is 34.1 Å². The van der Waals surface area contributed by atoms with Crippen LogP contribution in [0.2, 0.25) is 0 Å². The fourth-order valence-corrected chi connectivity index (χ4v) is 1.82. The van der Waals surface area contributed by atoms with Crippen LogP contribution in [0, 0.1) is 18.2 Å². The van der Waals surface area contributed by atoms with Gasteiger partial charge in [0.25, 0.3) is 0 Å². The van der Waals surface area contributed by atoms with Crippen molar-refractivity contribution in [2.24, 2.45) is 0 Å². The molecule has 0 radical (unpaired) electrons.